The van der Waals surface area contributed by atoms with Crippen LogP contribution in [0.4, 0.5) is 5.69 Å². The number of rotatable bonds is 7. The molecule has 1 aliphatic carbocycles. The van der Waals surface area contributed by atoms with E-state index in [9.17, 15) is 0 Å². The van der Waals surface area contributed by atoms with Gasteiger partial charge in [-0.25, -0.2) is 0 Å². The van der Waals surface area contributed by atoms with Gasteiger partial charge in [-0.1, -0.05) is 6.07 Å². The number of hydrogen-bond donors (Lipinski definition) is 2. The van der Waals surface area contributed by atoms with E-state index in [1.54, 1.807) is 32.7 Å². The molecule has 1 heterocycles. The van der Waals surface area contributed by atoms with Crippen LogP contribution in [0.2, 0.25) is 0 Å². The van der Waals surface area contributed by atoms with Crippen LogP contribution in [0, 0.1) is 0 Å². The van der Waals surface area contributed by atoms with Crippen molar-refractivity contribution in [3.05, 3.63) is 59.4 Å². The maximum atomic E-state index is 5.94. The minimum Gasteiger partial charge on any atom is -0.493 e. The molecule has 25 heavy (non-hydrogen) atoms. The van der Waals surface area contributed by atoms with Gasteiger partial charge in [0.2, 0.25) is 5.88 Å². The van der Waals surface area contributed by atoms with Crippen molar-refractivity contribution in [2.24, 2.45) is 4.99 Å². The van der Waals surface area contributed by atoms with E-state index < -0.39 is 0 Å². The second-order valence-electron chi connectivity index (χ2n) is 5.41. The van der Waals surface area contributed by atoms with Gasteiger partial charge in [0, 0.05) is 24.4 Å². The fourth-order valence-electron chi connectivity index (χ4n) is 2.49. The Balaban J connectivity index is 1.85. The van der Waals surface area contributed by atoms with Crippen LogP contribution in [0.25, 0.3) is 0 Å². The predicted octanol–water partition coefficient (Wildman–Crippen LogP) is 1.95. The summed E-state index contributed by atoms with van der Waals surface area (Å²) >= 11 is 0. The molecule has 3 rings (SSSR count). The van der Waals surface area contributed by atoms with Gasteiger partial charge in [-0.3, -0.25) is 4.99 Å². The van der Waals surface area contributed by atoms with E-state index in [-0.39, 0.29) is 6.04 Å². The second kappa shape index (κ2) is 7.76. The number of ether oxygens (including phenoxy) is 4. The average molecular weight is 343 g/mol. The average Bonchev–Trinajstić information content (AvgIpc) is 2.61. The lowest BCUT2D eigenvalue weighted by Crippen LogP contribution is -2.29. The van der Waals surface area contributed by atoms with E-state index in [0.717, 1.165) is 5.57 Å². The topological polar surface area (TPSA) is 87.3 Å². The molecule has 0 radical (unpaired) electrons. The molecule has 0 saturated heterocycles. The van der Waals surface area contributed by atoms with E-state index in [4.69, 9.17) is 24.7 Å². The molecule has 132 valence electrons. The van der Waals surface area contributed by atoms with Gasteiger partial charge >= 0.3 is 0 Å². The van der Waals surface area contributed by atoms with Crippen LogP contribution >= 0.6 is 0 Å². The molecule has 7 heteroatoms. The number of benzene rings is 1. The zero-order chi connectivity index (χ0) is 17.6. The zero-order valence-corrected chi connectivity index (χ0v) is 14.2. The Hall–Kier alpha value is -2.93. The lowest BCUT2D eigenvalue weighted by molar-refractivity contribution is 0.100. The smallest absolute Gasteiger partial charge is 0.204 e. The molecule has 0 aromatic heterocycles. The number of fused-ring (bicyclic) bond motifs is 1. The van der Waals surface area contributed by atoms with Crippen LogP contribution < -0.4 is 15.8 Å². The predicted molar refractivity (Wildman–Crippen MR) is 94.9 cm³/mol. The summed E-state index contributed by atoms with van der Waals surface area (Å²) in [7, 11) is 3.22. The maximum Gasteiger partial charge on any atom is 0.204 e. The third-order valence-corrected chi connectivity index (χ3v) is 3.69. The van der Waals surface area contributed by atoms with Gasteiger partial charge in [0.15, 0.2) is 11.5 Å². The lowest BCUT2D eigenvalue weighted by Gasteiger charge is -2.26. The van der Waals surface area contributed by atoms with Gasteiger partial charge < -0.3 is 30.0 Å². The van der Waals surface area contributed by atoms with Gasteiger partial charge in [-0.2, -0.15) is 0 Å². The van der Waals surface area contributed by atoms with Crippen molar-refractivity contribution in [1.29, 1.82) is 0 Å². The molecule has 1 aromatic carbocycles. The Kier molecular flexibility index (Phi) is 5.25. The standard InChI is InChI=1S/C18H21N3O4/c1-22-6-7-24-17-10-15-14(9-16(17)23-2)18(21-11-20-15)25-13-5-3-4-12(19)8-13/h3-5,8-11,15H,6-7,19H2,1-2H3,(H,20,21). The van der Waals surface area contributed by atoms with E-state index in [2.05, 4.69) is 10.3 Å². The summed E-state index contributed by atoms with van der Waals surface area (Å²) in [6.45, 7) is 0.930. The highest BCUT2D eigenvalue weighted by Gasteiger charge is 2.27. The Morgan fingerprint density at radius 3 is 2.84 bits per heavy atom. The normalized spacial score (nSPS) is 18.7. The zero-order valence-electron chi connectivity index (χ0n) is 14.2. The van der Waals surface area contributed by atoms with E-state index in [1.807, 2.05) is 24.3 Å². The molecule has 1 aromatic rings. The monoisotopic (exact) mass is 343 g/mol. The summed E-state index contributed by atoms with van der Waals surface area (Å²) < 4.78 is 22.1. The largest absolute Gasteiger partial charge is 0.493 e. The fourth-order valence-corrected chi connectivity index (χ4v) is 2.49. The van der Waals surface area contributed by atoms with Gasteiger partial charge in [0.05, 0.1) is 20.1 Å². The molecule has 1 atom stereocenters. The fraction of sp³-hybridized carbons (Fsp3) is 0.278. The van der Waals surface area contributed by atoms with Gasteiger partial charge in [-0.05, 0) is 24.3 Å². The van der Waals surface area contributed by atoms with Crippen LogP contribution in [-0.4, -0.2) is 39.8 Å². The molecule has 0 spiro atoms. The number of hydrogen-bond acceptors (Lipinski definition) is 7. The van der Waals surface area contributed by atoms with Crippen LogP contribution in [0.15, 0.2) is 64.4 Å². The molecule has 2 aliphatic rings. The summed E-state index contributed by atoms with van der Waals surface area (Å²) in [5.74, 6) is 2.46. The van der Waals surface area contributed by atoms with Crippen LogP contribution in [-0.2, 0) is 14.2 Å². The summed E-state index contributed by atoms with van der Waals surface area (Å²) in [6.07, 6.45) is 5.35. The number of aliphatic imine (C=N–C) groups is 1. The number of methoxy groups -OCH3 is 2. The van der Waals surface area contributed by atoms with Crippen molar-refractivity contribution in [2.75, 3.05) is 33.2 Å². The van der Waals surface area contributed by atoms with Gasteiger partial charge in [-0.15, -0.1) is 0 Å². The first-order valence-electron chi connectivity index (χ1n) is 7.86. The molecule has 0 fully saturated rings. The van der Waals surface area contributed by atoms with E-state index >= 15 is 0 Å². The van der Waals surface area contributed by atoms with Crippen LogP contribution in [0.5, 0.6) is 5.75 Å². The number of anilines is 1. The number of nitrogen functional groups attached to an aromatic ring is 1. The van der Waals surface area contributed by atoms with Crippen molar-refractivity contribution in [1.82, 2.24) is 5.32 Å². The molecule has 0 amide bonds. The van der Waals surface area contributed by atoms with E-state index in [0.29, 0.717) is 42.1 Å². The molecule has 7 nitrogen and oxygen atoms in total. The number of nitrogens with one attached hydrogen (secondary N) is 1. The first kappa shape index (κ1) is 16.9. The highest BCUT2D eigenvalue weighted by Crippen LogP contribution is 2.30. The SMILES string of the molecule is COCCOC1=CC2N=CNC(Oc3cccc(N)c3)=C2C=C1OC. The second-order valence-corrected chi connectivity index (χ2v) is 5.41. The quantitative estimate of drug-likeness (QED) is 0.581. The Bertz CT molecular complexity index is 752. The highest BCUT2D eigenvalue weighted by atomic mass is 16.5. The molecule has 1 aliphatic heterocycles. The molecule has 3 N–H and O–H groups in total. The molecule has 0 bridgehead atoms. The maximum absolute atomic E-state index is 5.94. The third-order valence-electron chi connectivity index (χ3n) is 3.69. The van der Waals surface area contributed by atoms with Crippen molar-refractivity contribution < 1.29 is 18.9 Å². The minimum absolute atomic E-state index is 0.214. The highest BCUT2D eigenvalue weighted by molar-refractivity contribution is 5.64. The van der Waals surface area contributed by atoms with Gasteiger partial charge in [0.25, 0.3) is 0 Å². The first-order valence-corrected chi connectivity index (χ1v) is 7.86. The molecule has 0 saturated carbocycles. The lowest BCUT2D eigenvalue weighted by atomic mass is 10.00. The third kappa shape index (κ3) is 3.95. The van der Waals surface area contributed by atoms with Crippen molar-refractivity contribution in [2.45, 2.75) is 6.04 Å². The number of nitrogens with two attached hydrogens (primary N) is 1. The number of nitrogens with zero attached hydrogens (tertiary/aromatic N) is 1. The van der Waals surface area contributed by atoms with Crippen molar-refractivity contribution in [3.63, 3.8) is 0 Å². The molecular weight excluding hydrogens is 322 g/mol. The molecule has 1 unspecified atom stereocenters. The Morgan fingerprint density at radius 2 is 2.08 bits per heavy atom. The summed E-state index contributed by atoms with van der Waals surface area (Å²) in [4.78, 5) is 4.42. The molecular formula is C18H21N3O4. The minimum atomic E-state index is -0.214. The van der Waals surface area contributed by atoms with E-state index in [1.165, 1.54) is 0 Å². The van der Waals surface area contributed by atoms with Crippen molar-refractivity contribution in [3.8, 4) is 5.75 Å². The Morgan fingerprint density at radius 1 is 1.20 bits per heavy atom. The van der Waals surface area contributed by atoms with Gasteiger partial charge in [0.1, 0.15) is 18.4 Å². The van der Waals surface area contributed by atoms with Crippen molar-refractivity contribution >= 4 is 12.0 Å². The Labute approximate surface area is 146 Å². The first-order chi connectivity index (χ1) is 12.2. The van der Waals surface area contributed by atoms with Crippen LogP contribution in [0.1, 0.15) is 0 Å². The summed E-state index contributed by atoms with van der Waals surface area (Å²) in [6, 6.07) is 7.02. The summed E-state index contributed by atoms with van der Waals surface area (Å²) in [5, 5.41) is 3.03. The summed E-state index contributed by atoms with van der Waals surface area (Å²) in [5.41, 5.74) is 7.29. The van der Waals surface area contributed by atoms with Crippen LogP contribution in [0.3, 0.4) is 0 Å².